The first kappa shape index (κ1) is 17.6. The van der Waals surface area contributed by atoms with Gasteiger partial charge in [0.25, 0.3) is 0 Å². The third kappa shape index (κ3) is 3.98. The maximum atomic E-state index is 6.01. The summed E-state index contributed by atoms with van der Waals surface area (Å²) in [6.07, 6.45) is 2.09. The second-order valence-corrected chi connectivity index (χ2v) is 8.48. The van der Waals surface area contributed by atoms with Crippen LogP contribution in [0.15, 0.2) is 94.9 Å². The van der Waals surface area contributed by atoms with Gasteiger partial charge in [-0.2, -0.15) is 5.10 Å². The van der Waals surface area contributed by atoms with Crippen LogP contribution in [0.3, 0.4) is 0 Å². The van der Waals surface area contributed by atoms with E-state index in [1.54, 1.807) is 11.8 Å². The predicted molar refractivity (Wildman–Crippen MR) is 117 cm³/mol. The van der Waals surface area contributed by atoms with Crippen LogP contribution in [0.5, 0.6) is 0 Å². The van der Waals surface area contributed by atoms with Crippen LogP contribution >= 0.6 is 46.0 Å². The average molecular weight is 489 g/mol. The minimum atomic E-state index is 0.743. The monoisotopic (exact) mass is 488 g/mol. The zero-order valence-electron chi connectivity index (χ0n) is 13.6. The number of nitrogens with zero attached hydrogens (tertiary/aromatic N) is 2. The van der Waals surface area contributed by atoms with Crippen molar-refractivity contribution >= 4 is 46.0 Å². The van der Waals surface area contributed by atoms with Gasteiger partial charge in [-0.05, 0) is 71.1 Å². The van der Waals surface area contributed by atoms with Gasteiger partial charge in [0.1, 0.15) is 5.69 Å². The standard InChI is InChI=1S/C21H14ClIN2S/c22-16-8-12-19(13-9-16)26-20-14-25(18-4-2-1-3-5-18)24-21(20)15-6-10-17(23)11-7-15/h1-14H. The molecule has 1 aromatic heterocycles. The van der Waals surface area contributed by atoms with Crippen molar-refractivity contribution in [3.05, 3.63) is 93.7 Å². The topological polar surface area (TPSA) is 17.8 Å². The van der Waals surface area contributed by atoms with Crippen LogP contribution in [-0.4, -0.2) is 9.78 Å². The van der Waals surface area contributed by atoms with Crippen molar-refractivity contribution in [1.29, 1.82) is 0 Å². The summed E-state index contributed by atoms with van der Waals surface area (Å²) in [7, 11) is 0. The highest BCUT2D eigenvalue weighted by Crippen LogP contribution is 2.36. The highest BCUT2D eigenvalue weighted by atomic mass is 127. The molecular formula is C21H14ClIN2S. The molecule has 0 aliphatic heterocycles. The van der Waals surface area contributed by atoms with Crippen molar-refractivity contribution < 1.29 is 0 Å². The van der Waals surface area contributed by atoms with Crippen LogP contribution < -0.4 is 0 Å². The summed E-state index contributed by atoms with van der Waals surface area (Å²) in [5.74, 6) is 0. The molecule has 128 valence electrons. The molecule has 1 heterocycles. The van der Waals surface area contributed by atoms with Gasteiger partial charge in [-0.1, -0.05) is 53.7 Å². The van der Waals surface area contributed by atoms with E-state index in [-0.39, 0.29) is 0 Å². The summed E-state index contributed by atoms with van der Waals surface area (Å²) in [6, 6.07) is 26.5. The fourth-order valence-corrected chi connectivity index (χ4v) is 4.00. The van der Waals surface area contributed by atoms with Gasteiger partial charge in [-0.3, -0.25) is 0 Å². The lowest BCUT2D eigenvalue weighted by molar-refractivity contribution is 0.883. The summed E-state index contributed by atoms with van der Waals surface area (Å²) < 4.78 is 3.15. The molecule has 26 heavy (non-hydrogen) atoms. The molecule has 0 bridgehead atoms. The van der Waals surface area contributed by atoms with Crippen LogP contribution in [0.4, 0.5) is 0 Å². The third-order valence-electron chi connectivity index (χ3n) is 3.86. The van der Waals surface area contributed by atoms with Crippen molar-refractivity contribution in [2.45, 2.75) is 9.79 Å². The Morgan fingerprint density at radius 3 is 2.23 bits per heavy atom. The number of hydrogen-bond acceptors (Lipinski definition) is 2. The van der Waals surface area contributed by atoms with E-state index in [0.717, 1.165) is 31.8 Å². The van der Waals surface area contributed by atoms with E-state index in [4.69, 9.17) is 16.7 Å². The van der Waals surface area contributed by atoms with Crippen LogP contribution in [-0.2, 0) is 0 Å². The fourth-order valence-electron chi connectivity index (χ4n) is 2.58. The van der Waals surface area contributed by atoms with E-state index in [9.17, 15) is 0 Å². The Bertz CT molecular complexity index is 1010. The zero-order chi connectivity index (χ0) is 17.9. The Labute approximate surface area is 175 Å². The van der Waals surface area contributed by atoms with Gasteiger partial charge in [0.2, 0.25) is 0 Å². The molecule has 4 aromatic rings. The van der Waals surface area contributed by atoms with Crippen LogP contribution in [0.25, 0.3) is 16.9 Å². The first-order valence-corrected chi connectivity index (χ1v) is 10.3. The molecule has 2 nitrogen and oxygen atoms in total. The van der Waals surface area contributed by atoms with E-state index in [2.05, 4.69) is 65.2 Å². The number of para-hydroxylation sites is 1. The van der Waals surface area contributed by atoms with Gasteiger partial charge in [0, 0.05) is 25.2 Å². The van der Waals surface area contributed by atoms with Crippen molar-refractivity contribution in [3.63, 3.8) is 0 Å². The van der Waals surface area contributed by atoms with Crippen LogP contribution in [0, 0.1) is 3.57 Å². The Morgan fingerprint density at radius 2 is 1.54 bits per heavy atom. The van der Waals surface area contributed by atoms with Gasteiger partial charge in [-0.15, -0.1) is 0 Å². The molecule has 0 fully saturated rings. The molecular weight excluding hydrogens is 475 g/mol. The smallest absolute Gasteiger partial charge is 0.107 e. The Hall–Kier alpha value is -1.76. The van der Waals surface area contributed by atoms with E-state index < -0.39 is 0 Å². The molecule has 0 N–H and O–H groups in total. The van der Waals surface area contributed by atoms with Crippen molar-refractivity contribution in [1.82, 2.24) is 9.78 Å². The molecule has 0 atom stereocenters. The summed E-state index contributed by atoms with van der Waals surface area (Å²) in [5, 5.41) is 5.60. The molecule has 0 aliphatic rings. The van der Waals surface area contributed by atoms with Crippen molar-refractivity contribution in [3.8, 4) is 16.9 Å². The second-order valence-electron chi connectivity index (χ2n) is 5.68. The molecule has 0 spiro atoms. The van der Waals surface area contributed by atoms with Crippen molar-refractivity contribution in [2.75, 3.05) is 0 Å². The first-order valence-electron chi connectivity index (χ1n) is 8.03. The second kappa shape index (κ2) is 7.86. The summed E-state index contributed by atoms with van der Waals surface area (Å²) >= 11 is 10.0. The lowest BCUT2D eigenvalue weighted by atomic mass is 10.2. The summed E-state index contributed by atoms with van der Waals surface area (Å²) in [6.45, 7) is 0. The highest BCUT2D eigenvalue weighted by Gasteiger charge is 2.14. The Morgan fingerprint density at radius 1 is 0.846 bits per heavy atom. The van der Waals surface area contributed by atoms with E-state index in [1.807, 2.05) is 47.1 Å². The predicted octanol–water partition coefficient (Wildman–Crippen LogP) is 6.95. The van der Waals surface area contributed by atoms with Gasteiger partial charge in [0.05, 0.1) is 10.6 Å². The van der Waals surface area contributed by atoms with Gasteiger partial charge >= 0.3 is 0 Å². The average Bonchev–Trinajstić information content (AvgIpc) is 3.09. The number of benzene rings is 3. The molecule has 0 unspecified atom stereocenters. The number of aromatic nitrogens is 2. The van der Waals surface area contributed by atoms with E-state index >= 15 is 0 Å². The SMILES string of the molecule is Clc1ccc(Sc2cn(-c3ccccc3)nc2-c2ccc(I)cc2)cc1. The Balaban J connectivity index is 1.78. The zero-order valence-corrected chi connectivity index (χ0v) is 17.4. The molecule has 0 saturated heterocycles. The fraction of sp³-hybridized carbons (Fsp3) is 0. The number of rotatable bonds is 4. The summed E-state index contributed by atoms with van der Waals surface area (Å²) in [5.41, 5.74) is 3.13. The third-order valence-corrected chi connectivity index (χ3v) is 5.86. The lowest BCUT2D eigenvalue weighted by Gasteiger charge is -2.03. The normalized spacial score (nSPS) is 10.8. The molecule has 0 aliphatic carbocycles. The molecule has 0 radical (unpaired) electrons. The Kier molecular flexibility index (Phi) is 5.33. The van der Waals surface area contributed by atoms with E-state index in [0.29, 0.717) is 0 Å². The van der Waals surface area contributed by atoms with E-state index in [1.165, 1.54) is 3.57 Å². The van der Waals surface area contributed by atoms with Gasteiger partial charge in [-0.25, -0.2) is 4.68 Å². The van der Waals surface area contributed by atoms with Gasteiger partial charge < -0.3 is 0 Å². The number of halogens is 2. The largest absolute Gasteiger partial charge is 0.239 e. The highest BCUT2D eigenvalue weighted by molar-refractivity contribution is 14.1. The molecule has 5 heteroatoms. The quantitative estimate of drug-likeness (QED) is 0.289. The van der Waals surface area contributed by atoms with Gasteiger partial charge in [0.15, 0.2) is 0 Å². The van der Waals surface area contributed by atoms with Crippen LogP contribution in [0.1, 0.15) is 0 Å². The summed E-state index contributed by atoms with van der Waals surface area (Å²) in [4.78, 5) is 2.24. The molecule has 0 saturated carbocycles. The minimum Gasteiger partial charge on any atom is -0.239 e. The number of hydrogen-bond donors (Lipinski definition) is 0. The van der Waals surface area contributed by atoms with Crippen molar-refractivity contribution in [2.24, 2.45) is 0 Å². The first-order chi connectivity index (χ1) is 12.7. The molecule has 0 amide bonds. The maximum Gasteiger partial charge on any atom is 0.107 e. The minimum absolute atomic E-state index is 0.743. The molecule has 3 aromatic carbocycles. The molecule has 4 rings (SSSR count). The van der Waals surface area contributed by atoms with Crippen LogP contribution in [0.2, 0.25) is 5.02 Å². The maximum absolute atomic E-state index is 6.01. The lowest BCUT2D eigenvalue weighted by Crippen LogP contribution is -1.93.